The Morgan fingerprint density at radius 1 is 1.16 bits per heavy atom. The Morgan fingerprint density at radius 2 is 2.04 bits per heavy atom. The van der Waals surface area contributed by atoms with Crippen LogP contribution in [-0.4, -0.2) is 46.4 Å². The van der Waals surface area contributed by atoms with Crippen LogP contribution in [0.2, 0.25) is 0 Å². The highest BCUT2D eigenvalue weighted by molar-refractivity contribution is 5.94. The van der Waals surface area contributed by atoms with Gasteiger partial charge in [-0.1, -0.05) is 12.1 Å². The average Bonchev–Trinajstić information content (AvgIpc) is 3.10. The predicted molar refractivity (Wildman–Crippen MR) is 94.7 cm³/mol. The van der Waals surface area contributed by atoms with Crippen LogP contribution in [0.4, 0.5) is 0 Å². The summed E-state index contributed by atoms with van der Waals surface area (Å²) < 4.78 is 7.80. The van der Waals surface area contributed by atoms with Crippen LogP contribution < -0.4 is 10.1 Å². The van der Waals surface area contributed by atoms with Gasteiger partial charge in [0.25, 0.3) is 5.91 Å². The molecule has 0 atom stereocenters. The molecule has 1 aliphatic heterocycles. The van der Waals surface area contributed by atoms with Crippen molar-refractivity contribution < 1.29 is 9.53 Å². The smallest absolute Gasteiger partial charge is 0.254 e. The molecule has 0 bridgehead atoms. The molecule has 6 heteroatoms. The second-order valence-corrected chi connectivity index (χ2v) is 6.06. The van der Waals surface area contributed by atoms with E-state index in [1.54, 1.807) is 6.07 Å². The molecular formula is C19H20N4O2. The summed E-state index contributed by atoms with van der Waals surface area (Å²) in [5.41, 5.74) is 2.41. The average molecular weight is 336 g/mol. The Balaban J connectivity index is 1.44. The monoisotopic (exact) mass is 336 g/mol. The molecule has 0 unspecified atom stereocenters. The van der Waals surface area contributed by atoms with Crippen molar-refractivity contribution in [2.24, 2.45) is 0 Å². The number of amides is 1. The van der Waals surface area contributed by atoms with Crippen molar-refractivity contribution in [3.05, 3.63) is 66.1 Å². The fourth-order valence-electron chi connectivity index (χ4n) is 2.98. The maximum Gasteiger partial charge on any atom is 0.254 e. The normalized spacial score (nSPS) is 14.6. The first-order valence-electron chi connectivity index (χ1n) is 8.45. The Labute approximate surface area is 146 Å². The number of pyridine rings is 1. The van der Waals surface area contributed by atoms with Gasteiger partial charge in [0.1, 0.15) is 18.0 Å². The molecule has 1 fully saturated rings. The largest absolute Gasteiger partial charge is 0.487 e. The molecule has 1 amide bonds. The van der Waals surface area contributed by atoms with Gasteiger partial charge >= 0.3 is 0 Å². The first-order chi connectivity index (χ1) is 12.3. The standard InChI is InChI=1S/C19H20N4O2/c24-19(22-10-7-20-8-11-22)15-4-3-5-17(12-15)25-14-16-13-23-9-2-1-6-18(23)21-16/h1-6,9,12-13,20H,7-8,10-11,14H2. The molecule has 3 aromatic rings. The van der Waals surface area contributed by atoms with Crippen LogP contribution in [0.3, 0.4) is 0 Å². The van der Waals surface area contributed by atoms with E-state index in [4.69, 9.17) is 4.74 Å². The lowest BCUT2D eigenvalue weighted by Crippen LogP contribution is -2.46. The van der Waals surface area contributed by atoms with Crippen molar-refractivity contribution in [3.63, 3.8) is 0 Å². The second kappa shape index (κ2) is 6.94. The van der Waals surface area contributed by atoms with E-state index >= 15 is 0 Å². The number of fused-ring (bicyclic) bond motifs is 1. The first-order valence-corrected chi connectivity index (χ1v) is 8.45. The van der Waals surface area contributed by atoms with Gasteiger partial charge in [0.2, 0.25) is 0 Å². The fraction of sp³-hybridized carbons (Fsp3) is 0.263. The van der Waals surface area contributed by atoms with Gasteiger partial charge in [-0.15, -0.1) is 0 Å². The maximum atomic E-state index is 12.6. The van der Waals surface area contributed by atoms with E-state index < -0.39 is 0 Å². The van der Waals surface area contributed by atoms with E-state index in [1.807, 2.05) is 58.1 Å². The van der Waals surface area contributed by atoms with Crippen molar-refractivity contribution in [2.75, 3.05) is 26.2 Å². The third-order valence-corrected chi connectivity index (χ3v) is 4.29. The van der Waals surface area contributed by atoms with Gasteiger partial charge in [0.15, 0.2) is 0 Å². The summed E-state index contributed by atoms with van der Waals surface area (Å²) in [5, 5.41) is 3.25. The van der Waals surface area contributed by atoms with E-state index in [-0.39, 0.29) is 5.91 Å². The summed E-state index contributed by atoms with van der Waals surface area (Å²) in [7, 11) is 0. The van der Waals surface area contributed by atoms with Crippen LogP contribution in [0, 0.1) is 0 Å². The number of nitrogens with zero attached hydrogens (tertiary/aromatic N) is 3. The van der Waals surface area contributed by atoms with Crippen molar-refractivity contribution in [1.82, 2.24) is 19.6 Å². The predicted octanol–water partition coefficient (Wildman–Crippen LogP) is 1.96. The number of aromatic nitrogens is 2. The highest BCUT2D eigenvalue weighted by atomic mass is 16.5. The molecule has 1 aliphatic rings. The molecule has 1 N–H and O–H groups in total. The minimum atomic E-state index is 0.0553. The number of carbonyl (C=O) groups is 1. The molecule has 6 nitrogen and oxygen atoms in total. The fourth-order valence-corrected chi connectivity index (χ4v) is 2.98. The Hall–Kier alpha value is -2.86. The van der Waals surface area contributed by atoms with Crippen molar-refractivity contribution in [2.45, 2.75) is 6.61 Å². The summed E-state index contributed by atoms with van der Waals surface area (Å²) in [6.45, 7) is 3.54. The molecule has 25 heavy (non-hydrogen) atoms. The lowest BCUT2D eigenvalue weighted by molar-refractivity contribution is 0.0735. The summed E-state index contributed by atoms with van der Waals surface area (Å²) in [6, 6.07) is 13.2. The number of piperazine rings is 1. The summed E-state index contributed by atoms with van der Waals surface area (Å²) in [5.74, 6) is 0.734. The van der Waals surface area contributed by atoms with Crippen LogP contribution in [0.15, 0.2) is 54.9 Å². The molecule has 4 rings (SSSR count). The van der Waals surface area contributed by atoms with Gasteiger partial charge in [-0.3, -0.25) is 4.79 Å². The molecular weight excluding hydrogens is 316 g/mol. The zero-order chi connectivity index (χ0) is 17.1. The SMILES string of the molecule is O=C(c1cccc(OCc2cn3ccccc3n2)c1)N1CCNCC1. The van der Waals surface area contributed by atoms with Gasteiger partial charge in [-0.2, -0.15) is 0 Å². The van der Waals surface area contributed by atoms with Crippen LogP contribution >= 0.6 is 0 Å². The molecule has 2 aromatic heterocycles. The van der Waals surface area contributed by atoms with Crippen LogP contribution in [0.1, 0.15) is 16.1 Å². The van der Waals surface area contributed by atoms with Crippen molar-refractivity contribution >= 4 is 11.6 Å². The lowest BCUT2D eigenvalue weighted by Gasteiger charge is -2.27. The molecule has 128 valence electrons. The number of rotatable bonds is 4. The molecule has 1 aromatic carbocycles. The minimum absolute atomic E-state index is 0.0553. The van der Waals surface area contributed by atoms with E-state index in [1.165, 1.54) is 0 Å². The van der Waals surface area contributed by atoms with Gasteiger partial charge in [-0.25, -0.2) is 4.98 Å². The second-order valence-electron chi connectivity index (χ2n) is 6.06. The Kier molecular flexibility index (Phi) is 4.35. The molecule has 0 spiro atoms. The van der Waals surface area contributed by atoms with E-state index in [0.29, 0.717) is 17.9 Å². The number of hydrogen-bond donors (Lipinski definition) is 1. The number of imidazole rings is 1. The van der Waals surface area contributed by atoms with Gasteiger partial charge in [0, 0.05) is 44.1 Å². The highest BCUT2D eigenvalue weighted by Crippen LogP contribution is 2.17. The lowest BCUT2D eigenvalue weighted by atomic mass is 10.1. The van der Waals surface area contributed by atoms with E-state index in [9.17, 15) is 4.79 Å². The molecule has 1 saturated heterocycles. The molecule has 0 saturated carbocycles. The topological polar surface area (TPSA) is 58.9 Å². The molecule has 0 aliphatic carbocycles. The quantitative estimate of drug-likeness (QED) is 0.791. The van der Waals surface area contributed by atoms with Gasteiger partial charge in [0.05, 0.1) is 5.69 Å². The number of ether oxygens (including phenoxy) is 1. The summed E-state index contributed by atoms with van der Waals surface area (Å²) in [4.78, 5) is 19.0. The zero-order valence-corrected chi connectivity index (χ0v) is 13.9. The minimum Gasteiger partial charge on any atom is -0.487 e. The number of nitrogens with one attached hydrogen (secondary N) is 1. The third kappa shape index (κ3) is 3.49. The Bertz CT molecular complexity index is 851. The maximum absolute atomic E-state index is 12.6. The molecule has 0 radical (unpaired) electrons. The summed E-state index contributed by atoms with van der Waals surface area (Å²) >= 11 is 0. The highest BCUT2D eigenvalue weighted by Gasteiger charge is 2.18. The van der Waals surface area contributed by atoms with Crippen LogP contribution in [0.5, 0.6) is 5.75 Å². The number of hydrogen-bond acceptors (Lipinski definition) is 4. The van der Waals surface area contributed by atoms with Crippen molar-refractivity contribution in [3.8, 4) is 5.75 Å². The third-order valence-electron chi connectivity index (χ3n) is 4.29. The van der Waals surface area contributed by atoms with Crippen LogP contribution in [-0.2, 0) is 6.61 Å². The number of benzene rings is 1. The van der Waals surface area contributed by atoms with Gasteiger partial charge < -0.3 is 19.4 Å². The van der Waals surface area contributed by atoms with E-state index in [0.717, 1.165) is 37.5 Å². The van der Waals surface area contributed by atoms with Crippen LogP contribution in [0.25, 0.3) is 5.65 Å². The zero-order valence-electron chi connectivity index (χ0n) is 13.9. The molecule has 3 heterocycles. The number of carbonyl (C=O) groups excluding carboxylic acids is 1. The Morgan fingerprint density at radius 3 is 2.88 bits per heavy atom. The first kappa shape index (κ1) is 15.7. The van der Waals surface area contributed by atoms with E-state index in [2.05, 4.69) is 10.3 Å². The van der Waals surface area contributed by atoms with Gasteiger partial charge in [-0.05, 0) is 30.3 Å². The summed E-state index contributed by atoms with van der Waals surface area (Å²) in [6.07, 6.45) is 3.91. The van der Waals surface area contributed by atoms with Crippen molar-refractivity contribution in [1.29, 1.82) is 0 Å².